The summed E-state index contributed by atoms with van der Waals surface area (Å²) in [5, 5.41) is 11.0. The molecule has 1 aromatic heterocycles. The van der Waals surface area contributed by atoms with Crippen molar-refractivity contribution in [3.05, 3.63) is 45.6 Å². The van der Waals surface area contributed by atoms with Crippen LogP contribution in [0.2, 0.25) is 0 Å². The predicted molar refractivity (Wildman–Crippen MR) is 81.4 cm³/mol. The molecule has 1 heterocycles. The van der Waals surface area contributed by atoms with E-state index in [0.717, 1.165) is 0 Å². The molecule has 0 N–H and O–H groups in total. The number of ether oxygens (including phenoxy) is 2. The molecule has 1 aromatic carbocycles. The second-order valence-electron chi connectivity index (χ2n) is 4.55. The van der Waals surface area contributed by atoms with Gasteiger partial charge in [0.15, 0.2) is 0 Å². The summed E-state index contributed by atoms with van der Waals surface area (Å²) in [5.74, 6) is -0.589. The predicted octanol–water partition coefficient (Wildman–Crippen LogP) is 2.55. The Labute approximate surface area is 132 Å². The number of aryl methyl sites for hydroxylation is 1. The summed E-state index contributed by atoms with van der Waals surface area (Å²) in [6.45, 7) is 3.50. The molecule has 2 rings (SSSR count). The van der Waals surface area contributed by atoms with Crippen LogP contribution >= 0.6 is 0 Å². The molecule has 0 aliphatic carbocycles. The molecule has 23 heavy (non-hydrogen) atoms. The molecule has 8 nitrogen and oxygen atoms in total. The van der Waals surface area contributed by atoms with E-state index in [9.17, 15) is 14.9 Å². The van der Waals surface area contributed by atoms with E-state index in [0.29, 0.717) is 11.3 Å². The first-order valence-corrected chi connectivity index (χ1v) is 6.82. The first-order valence-electron chi connectivity index (χ1n) is 6.82. The fraction of sp³-hybridized carbons (Fsp3) is 0.267. The second-order valence-corrected chi connectivity index (χ2v) is 4.55. The van der Waals surface area contributed by atoms with Crippen molar-refractivity contribution in [3.63, 3.8) is 0 Å². The fourth-order valence-corrected chi connectivity index (χ4v) is 2.06. The molecule has 0 saturated heterocycles. The quantitative estimate of drug-likeness (QED) is 0.474. The number of non-ortho nitro benzene ring substituents is 1. The topological polar surface area (TPSA) is 104 Å². The zero-order valence-corrected chi connectivity index (χ0v) is 12.9. The van der Waals surface area contributed by atoms with Gasteiger partial charge < -0.3 is 9.47 Å². The van der Waals surface area contributed by atoms with E-state index in [1.165, 1.54) is 25.3 Å². The molecule has 0 aliphatic heterocycles. The van der Waals surface area contributed by atoms with Gasteiger partial charge >= 0.3 is 12.0 Å². The normalized spacial score (nSPS) is 10.2. The maximum atomic E-state index is 12.2. The average molecular weight is 317 g/mol. The van der Waals surface area contributed by atoms with Crippen molar-refractivity contribution >= 4 is 11.7 Å². The number of methoxy groups -OCH3 is 1. The van der Waals surface area contributed by atoms with Gasteiger partial charge in [0, 0.05) is 17.7 Å². The lowest BCUT2D eigenvalue weighted by Gasteiger charge is -2.12. The Kier molecular flexibility index (Phi) is 4.85. The molecule has 0 unspecified atom stereocenters. The lowest BCUT2D eigenvalue weighted by atomic mass is 10.0. The van der Waals surface area contributed by atoms with Crippen LogP contribution in [-0.4, -0.2) is 34.6 Å². The van der Waals surface area contributed by atoms with Crippen LogP contribution in [0.4, 0.5) is 5.69 Å². The number of esters is 1. The van der Waals surface area contributed by atoms with Crippen molar-refractivity contribution in [2.24, 2.45) is 0 Å². The number of nitro groups is 1. The van der Waals surface area contributed by atoms with Crippen LogP contribution in [-0.2, 0) is 4.74 Å². The van der Waals surface area contributed by atoms with E-state index in [-0.39, 0.29) is 29.6 Å². The Balaban J connectivity index is 2.68. The summed E-state index contributed by atoms with van der Waals surface area (Å²) in [6.07, 6.45) is 0. The molecule has 0 radical (unpaired) electrons. The minimum Gasteiger partial charge on any atom is -0.467 e. The van der Waals surface area contributed by atoms with Crippen LogP contribution in [0.5, 0.6) is 6.01 Å². The largest absolute Gasteiger partial charge is 0.467 e. The standard InChI is InChI=1S/C15H15N3O5/c1-4-23-14(19)12-9(2)16-15(22-3)17-13(12)10-6-5-7-11(8-10)18(20)21/h5-8H,4H2,1-3H3. The molecule has 0 bridgehead atoms. The average Bonchev–Trinajstić information content (AvgIpc) is 2.54. The van der Waals surface area contributed by atoms with Crippen molar-refractivity contribution in [2.45, 2.75) is 13.8 Å². The van der Waals surface area contributed by atoms with Gasteiger partial charge in [-0.05, 0) is 13.8 Å². The molecule has 0 fully saturated rings. The SMILES string of the molecule is CCOC(=O)c1c(C)nc(OC)nc1-c1cccc([N+](=O)[O-])c1. The molecule has 0 saturated carbocycles. The Hall–Kier alpha value is -3.03. The molecule has 120 valence electrons. The number of hydrogen-bond donors (Lipinski definition) is 0. The van der Waals surface area contributed by atoms with Gasteiger partial charge in [-0.2, -0.15) is 9.97 Å². The van der Waals surface area contributed by atoms with Crippen LogP contribution < -0.4 is 4.74 Å². The van der Waals surface area contributed by atoms with Crippen LogP contribution in [0.3, 0.4) is 0 Å². The van der Waals surface area contributed by atoms with E-state index in [4.69, 9.17) is 9.47 Å². The zero-order chi connectivity index (χ0) is 17.0. The maximum absolute atomic E-state index is 12.2. The summed E-state index contributed by atoms with van der Waals surface area (Å²) in [6, 6.07) is 5.91. The summed E-state index contributed by atoms with van der Waals surface area (Å²) in [5.41, 5.74) is 1.07. The van der Waals surface area contributed by atoms with Crippen LogP contribution in [0.25, 0.3) is 11.3 Å². The van der Waals surface area contributed by atoms with E-state index in [1.807, 2.05) is 0 Å². The molecule has 0 spiro atoms. The lowest BCUT2D eigenvalue weighted by molar-refractivity contribution is -0.384. The molecule has 8 heteroatoms. The van der Waals surface area contributed by atoms with Crippen LogP contribution in [0, 0.1) is 17.0 Å². The first kappa shape index (κ1) is 16.3. The molecule has 0 aliphatic rings. The summed E-state index contributed by atoms with van der Waals surface area (Å²) in [7, 11) is 1.40. The van der Waals surface area contributed by atoms with Gasteiger partial charge in [0.25, 0.3) is 5.69 Å². The third kappa shape index (κ3) is 3.42. The van der Waals surface area contributed by atoms with E-state index in [1.54, 1.807) is 19.9 Å². The Bertz CT molecular complexity index is 761. The minimum atomic E-state index is -0.589. The Morgan fingerprint density at radius 3 is 2.70 bits per heavy atom. The van der Waals surface area contributed by atoms with Crippen LogP contribution in [0.1, 0.15) is 23.0 Å². The van der Waals surface area contributed by atoms with Gasteiger partial charge in [0.05, 0.1) is 30.0 Å². The van der Waals surface area contributed by atoms with E-state index < -0.39 is 10.9 Å². The highest BCUT2D eigenvalue weighted by Crippen LogP contribution is 2.28. The Morgan fingerprint density at radius 2 is 2.09 bits per heavy atom. The molecule has 0 amide bonds. The van der Waals surface area contributed by atoms with Gasteiger partial charge in [-0.1, -0.05) is 12.1 Å². The summed E-state index contributed by atoms with van der Waals surface area (Å²) < 4.78 is 10.0. The van der Waals surface area contributed by atoms with E-state index in [2.05, 4.69) is 9.97 Å². The van der Waals surface area contributed by atoms with Crippen molar-refractivity contribution in [3.8, 4) is 17.3 Å². The van der Waals surface area contributed by atoms with Gasteiger partial charge in [-0.25, -0.2) is 4.79 Å². The molecular formula is C15H15N3O5. The molecule has 2 aromatic rings. The van der Waals surface area contributed by atoms with Gasteiger partial charge in [-0.15, -0.1) is 0 Å². The van der Waals surface area contributed by atoms with E-state index >= 15 is 0 Å². The molecule has 0 atom stereocenters. The van der Waals surface area contributed by atoms with Crippen molar-refractivity contribution < 1.29 is 19.2 Å². The number of rotatable bonds is 5. The van der Waals surface area contributed by atoms with Gasteiger partial charge in [0.2, 0.25) is 0 Å². The Morgan fingerprint density at radius 1 is 1.35 bits per heavy atom. The molecular weight excluding hydrogens is 302 g/mol. The van der Waals surface area contributed by atoms with Crippen molar-refractivity contribution in [1.82, 2.24) is 9.97 Å². The highest BCUT2D eigenvalue weighted by Gasteiger charge is 2.22. The fourth-order valence-electron chi connectivity index (χ4n) is 2.06. The summed E-state index contributed by atoms with van der Waals surface area (Å²) in [4.78, 5) is 30.9. The zero-order valence-electron chi connectivity index (χ0n) is 12.9. The number of carbonyl (C=O) groups excluding carboxylic acids is 1. The monoisotopic (exact) mass is 317 g/mol. The highest BCUT2D eigenvalue weighted by molar-refractivity contribution is 5.97. The van der Waals surface area contributed by atoms with Gasteiger partial charge in [0.1, 0.15) is 5.56 Å². The second kappa shape index (κ2) is 6.82. The van der Waals surface area contributed by atoms with Crippen LogP contribution in [0.15, 0.2) is 24.3 Å². The maximum Gasteiger partial charge on any atom is 0.342 e. The third-order valence-electron chi connectivity index (χ3n) is 3.06. The third-order valence-corrected chi connectivity index (χ3v) is 3.06. The summed E-state index contributed by atoms with van der Waals surface area (Å²) >= 11 is 0. The lowest BCUT2D eigenvalue weighted by Crippen LogP contribution is -2.12. The number of benzene rings is 1. The number of aromatic nitrogens is 2. The highest BCUT2D eigenvalue weighted by atomic mass is 16.6. The number of nitrogens with zero attached hydrogens (tertiary/aromatic N) is 3. The number of hydrogen-bond acceptors (Lipinski definition) is 7. The minimum absolute atomic E-state index is 0.0667. The smallest absolute Gasteiger partial charge is 0.342 e. The first-order chi connectivity index (χ1) is 11.0. The van der Waals surface area contributed by atoms with Gasteiger partial charge in [-0.3, -0.25) is 10.1 Å². The number of nitro benzene ring substituents is 1. The number of carbonyl (C=O) groups is 1. The van der Waals surface area contributed by atoms with Crippen molar-refractivity contribution in [1.29, 1.82) is 0 Å². The van der Waals surface area contributed by atoms with Crippen molar-refractivity contribution in [2.75, 3.05) is 13.7 Å².